The molecule has 16 heavy (non-hydrogen) atoms. The van der Waals surface area contributed by atoms with E-state index in [0.29, 0.717) is 19.6 Å². The fourth-order valence-electron chi connectivity index (χ4n) is 1.21. The first-order chi connectivity index (χ1) is 7.58. The molecule has 0 aliphatic carbocycles. The van der Waals surface area contributed by atoms with Crippen LogP contribution in [0.15, 0.2) is 0 Å². The van der Waals surface area contributed by atoms with Crippen molar-refractivity contribution in [3.63, 3.8) is 0 Å². The van der Waals surface area contributed by atoms with E-state index in [2.05, 4.69) is 0 Å². The summed E-state index contributed by atoms with van der Waals surface area (Å²) in [5.41, 5.74) is 0. The molecule has 0 bridgehead atoms. The standard InChI is InChI=1S/C9H21NO5S/c1-14-7-3-9-16(12,13)10(4-6-11)5-8-15-2/h11H,3-9H2,1-2H3. The zero-order valence-electron chi connectivity index (χ0n) is 9.89. The largest absolute Gasteiger partial charge is 0.395 e. The third-order valence-corrected chi connectivity index (χ3v) is 3.99. The van der Waals surface area contributed by atoms with Crippen LogP contribution < -0.4 is 0 Å². The minimum atomic E-state index is -3.32. The average molecular weight is 255 g/mol. The van der Waals surface area contributed by atoms with Gasteiger partial charge >= 0.3 is 0 Å². The molecule has 7 heteroatoms. The van der Waals surface area contributed by atoms with Gasteiger partial charge in [0.1, 0.15) is 0 Å². The zero-order chi connectivity index (χ0) is 12.4. The second kappa shape index (κ2) is 8.89. The van der Waals surface area contributed by atoms with E-state index in [1.807, 2.05) is 0 Å². The third-order valence-electron chi connectivity index (χ3n) is 2.04. The quantitative estimate of drug-likeness (QED) is 0.522. The second-order valence-electron chi connectivity index (χ2n) is 3.28. The van der Waals surface area contributed by atoms with E-state index >= 15 is 0 Å². The van der Waals surface area contributed by atoms with Crippen LogP contribution in [0.1, 0.15) is 6.42 Å². The predicted molar refractivity (Wildman–Crippen MR) is 60.8 cm³/mol. The normalized spacial score (nSPS) is 12.2. The monoisotopic (exact) mass is 255 g/mol. The third kappa shape index (κ3) is 6.39. The highest BCUT2D eigenvalue weighted by molar-refractivity contribution is 7.89. The van der Waals surface area contributed by atoms with E-state index in [0.717, 1.165) is 0 Å². The van der Waals surface area contributed by atoms with Gasteiger partial charge in [-0.15, -0.1) is 0 Å². The van der Waals surface area contributed by atoms with Crippen LogP contribution in [0, 0.1) is 0 Å². The van der Waals surface area contributed by atoms with E-state index in [1.54, 1.807) is 0 Å². The van der Waals surface area contributed by atoms with Crippen molar-refractivity contribution in [2.45, 2.75) is 6.42 Å². The van der Waals surface area contributed by atoms with Crippen LogP contribution in [-0.2, 0) is 19.5 Å². The van der Waals surface area contributed by atoms with Crippen molar-refractivity contribution in [2.75, 3.05) is 52.9 Å². The number of rotatable bonds is 10. The van der Waals surface area contributed by atoms with Crippen molar-refractivity contribution >= 4 is 10.0 Å². The van der Waals surface area contributed by atoms with Gasteiger partial charge in [0.15, 0.2) is 0 Å². The lowest BCUT2D eigenvalue weighted by Gasteiger charge is -2.20. The average Bonchev–Trinajstić information content (AvgIpc) is 2.24. The molecule has 0 saturated heterocycles. The Morgan fingerprint density at radius 2 is 1.75 bits per heavy atom. The Morgan fingerprint density at radius 3 is 2.25 bits per heavy atom. The lowest BCUT2D eigenvalue weighted by molar-refractivity contribution is 0.168. The summed E-state index contributed by atoms with van der Waals surface area (Å²) in [7, 11) is -0.276. The first-order valence-electron chi connectivity index (χ1n) is 5.15. The topological polar surface area (TPSA) is 76.1 Å². The molecule has 0 unspecified atom stereocenters. The van der Waals surface area contributed by atoms with Gasteiger partial charge in [-0.25, -0.2) is 8.42 Å². The van der Waals surface area contributed by atoms with Gasteiger partial charge in [0, 0.05) is 33.9 Å². The lowest BCUT2D eigenvalue weighted by Crippen LogP contribution is -2.37. The summed E-state index contributed by atoms with van der Waals surface area (Å²) in [6.07, 6.45) is 0.452. The van der Waals surface area contributed by atoms with Crippen LogP contribution in [0.2, 0.25) is 0 Å². The van der Waals surface area contributed by atoms with E-state index in [1.165, 1.54) is 18.5 Å². The minimum Gasteiger partial charge on any atom is -0.395 e. The molecule has 0 amide bonds. The smallest absolute Gasteiger partial charge is 0.214 e. The summed E-state index contributed by atoms with van der Waals surface area (Å²) >= 11 is 0. The molecule has 0 atom stereocenters. The molecule has 0 saturated carbocycles. The SMILES string of the molecule is COCCCS(=O)(=O)N(CCO)CCOC. The Kier molecular flexibility index (Phi) is 8.77. The molecule has 0 fully saturated rings. The Morgan fingerprint density at radius 1 is 1.12 bits per heavy atom. The van der Waals surface area contributed by atoms with Gasteiger partial charge in [-0.2, -0.15) is 4.31 Å². The highest BCUT2D eigenvalue weighted by Gasteiger charge is 2.20. The van der Waals surface area contributed by atoms with Crippen LogP contribution in [-0.4, -0.2) is 70.7 Å². The van der Waals surface area contributed by atoms with E-state index in [9.17, 15) is 8.42 Å². The van der Waals surface area contributed by atoms with Crippen molar-refractivity contribution in [2.24, 2.45) is 0 Å². The van der Waals surface area contributed by atoms with Crippen LogP contribution in [0.5, 0.6) is 0 Å². The fourth-order valence-corrected chi connectivity index (χ4v) is 2.66. The molecule has 0 heterocycles. The Hall–Kier alpha value is -0.210. The molecule has 0 aliphatic rings. The summed E-state index contributed by atoms with van der Waals surface area (Å²) in [6, 6.07) is 0. The van der Waals surface area contributed by atoms with E-state index < -0.39 is 10.0 Å². The lowest BCUT2D eigenvalue weighted by atomic mass is 10.5. The summed E-state index contributed by atoms with van der Waals surface area (Å²) < 4.78 is 34.5. The van der Waals surface area contributed by atoms with Gasteiger partial charge in [-0.05, 0) is 6.42 Å². The minimum absolute atomic E-state index is 0.0323. The maximum atomic E-state index is 11.8. The molecule has 0 aromatic heterocycles. The number of aliphatic hydroxyl groups is 1. The summed E-state index contributed by atoms with van der Waals surface area (Å²) in [6.45, 7) is 0.929. The Bertz CT molecular complexity index is 255. The number of nitrogens with zero attached hydrogens (tertiary/aromatic N) is 1. The number of sulfonamides is 1. The van der Waals surface area contributed by atoms with Gasteiger partial charge in [-0.3, -0.25) is 0 Å². The molecule has 0 aliphatic heterocycles. The Balaban J connectivity index is 4.25. The fraction of sp³-hybridized carbons (Fsp3) is 1.00. The predicted octanol–water partition coefficient (Wildman–Crippen LogP) is -0.707. The van der Waals surface area contributed by atoms with Crippen LogP contribution in [0.3, 0.4) is 0 Å². The van der Waals surface area contributed by atoms with Gasteiger partial charge in [0.25, 0.3) is 0 Å². The summed E-state index contributed by atoms with van der Waals surface area (Å²) in [5, 5.41) is 8.80. The number of hydrogen-bond acceptors (Lipinski definition) is 5. The number of methoxy groups -OCH3 is 2. The van der Waals surface area contributed by atoms with Crippen molar-refractivity contribution in [1.29, 1.82) is 0 Å². The highest BCUT2D eigenvalue weighted by Crippen LogP contribution is 2.03. The summed E-state index contributed by atoms with van der Waals surface area (Å²) in [4.78, 5) is 0. The van der Waals surface area contributed by atoms with Crippen LogP contribution >= 0.6 is 0 Å². The molecule has 6 nitrogen and oxygen atoms in total. The first kappa shape index (κ1) is 15.8. The maximum Gasteiger partial charge on any atom is 0.214 e. The zero-order valence-corrected chi connectivity index (χ0v) is 10.7. The second-order valence-corrected chi connectivity index (χ2v) is 5.37. The van der Waals surface area contributed by atoms with Crippen LogP contribution in [0.25, 0.3) is 0 Å². The van der Waals surface area contributed by atoms with Crippen molar-refractivity contribution < 1.29 is 23.0 Å². The van der Waals surface area contributed by atoms with Gasteiger partial charge in [0.05, 0.1) is 19.0 Å². The molecule has 1 N–H and O–H groups in total. The molecule has 0 spiro atoms. The molecular weight excluding hydrogens is 234 g/mol. The highest BCUT2D eigenvalue weighted by atomic mass is 32.2. The van der Waals surface area contributed by atoms with Gasteiger partial charge in [0.2, 0.25) is 10.0 Å². The van der Waals surface area contributed by atoms with Gasteiger partial charge in [-0.1, -0.05) is 0 Å². The summed E-state index contributed by atoms with van der Waals surface area (Å²) in [5.74, 6) is 0.0323. The number of aliphatic hydroxyl groups excluding tert-OH is 1. The number of hydrogen-bond donors (Lipinski definition) is 1. The molecule has 98 valence electrons. The van der Waals surface area contributed by atoms with Crippen LogP contribution in [0.4, 0.5) is 0 Å². The molecule has 0 aromatic carbocycles. The van der Waals surface area contributed by atoms with E-state index in [4.69, 9.17) is 14.6 Å². The Labute approximate surface area is 97.2 Å². The molecular formula is C9H21NO5S. The van der Waals surface area contributed by atoms with Crippen molar-refractivity contribution in [1.82, 2.24) is 4.31 Å². The van der Waals surface area contributed by atoms with Gasteiger partial charge < -0.3 is 14.6 Å². The van der Waals surface area contributed by atoms with Crippen molar-refractivity contribution in [3.05, 3.63) is 0 Å². The molecule has 0 radical (unpaired) electrons. The molecule has 0 rings (SSSR count). The molecule has 0 aromatic rings. The van der Waals surface area contributed by atoms with Crippen molar-refractivity contribution in [3.8, 4) is 0 Å². The maximum absolute atomic E-state index is 11.8. The first-order valence-corrected chi connectivity index (χ1v) is 6.76. The van der Waals surface area contributed by atoms with E-state index in [-0.39, 0.29) is 25.4 Å². The number of ether oxygens (including phenoxy) is 2.